The third kappa shape index (κ3) is 1.62. The molecule has 1 atom stereocenters. The molecule has 4 rings (SSSR count). The number of fused-ring (bicyclic) bond motifs is 1. The van der Waals surface area contributed by atoms with E-state index in [9.17, 15) is 5.11 Å². The van der Waals surface area contributed by atoms with Gasteiger partial charge >= 0.3 is 0 Å². The van der Waals surface area contributed by atoms with Crippen LogP contribution in [-0.2, 0) is 5.60 Å². The molecule has 1 saturated heterocycles. The maximum atomic E-state index is 11.0. The summed E-state index contributed by atoms with van der Waals surface area (Å²) in [6.07, 6.45) is 3.51. The van der Waals surface area contributed by atoms with Gasteiger partial charge in [0.25, 0.3) is 0 Å². The molecule has 1 saturated carbocycles. The lowest BCUT2D eigenvalue weighted by Crippen LogP contribution is -2.31. The molecule has 2 nitrogen and oxygen atoms in total. The Morgan fingerprint density at radius 1 is 1.28 bits per heavy atom. The van der Waals surface area contributed by atoms with Crippen LogP contribution in [-0.4, -0.2) is 29.1 Å². The van der Waals surface area contributed by atoms with E-state index in [2.05, 4.69) is 34.5 Å². The van der Waals surface area contributed by atoms with Crippen molar-refractivity contribution >= 4 is 21.4 Å². The first-order valence-corrected chi connectivity index (χ1v) is 7.57. The summed E-state index contributed by atoms with van der Waals surface area (Å²) < 4.78 is 1.26. The first kappa shape index (κ1) is 11.0. The highest BCUT2D eigenvalue weighted by atomic mass is 32.1. The Balaban J connectivity index is 1.75. The van der Waals surface area contributed by atoms with Crippen molar-refractivity contribution in [3.05, 3.63) is 35.2 Å². The lowest BCUT2D eigenvalue weighted by atomic mass is 9.92. The van der Waals surface area contributed by atoms with Gasteiger partial charge < -0.3 is 5.11 Å². The van der Waals surface area contributed by atoms with Crippen molar-refractivity contribution in [2.45, 2.75) is 30.9 Å². The van der Waals surface area contributed by atoms with Crippen LogP contribution in [0.25, 0.3) is 10.1 Å². The van der Waals surface area contributed by atoms with Gasteiger partial charge in [-0.05, 0) is 36.1 Å². The van der Waals surface area contributed by atoms with Crippen LogP contribution in [0.3, 0.4) is 0 Å². The van der Waals surface area contributed by atoms with Crippen LogP contribution >= 0.6 is 11.3 Å². The lowest BCUT2D eigenvalue weighted by Gasteiger charge is -2.24. The average Bonchev–Trinajstić information content (AvgIpc) is 2.98. The number of β-amino-alcohol motifs (C(OH)–C–C–N with tert-alkyl or cyclic N) is 1. The van der Waals surface area contributed by atoms with E-state index in [0.29, 0.717) is 0 Å². The molecule has 1 aliphatic carbocycles. The Morgan fingerprint density at radius 2 is 2.17 bits per heavy atom. The fraction of sp³-hybridized carbons (Fsp3) is 0.467. The molecule has 3 heteroatoms. The Bertz CT molecular complexity index is 589. The zero-order valence-electron chi connectivity index (χ0n) is 10.3. The van der Waals surface area contributed by atoms with Crippen molar-refractivity contribution in [1.29, 1.82) is 0 Å². The zero-order chi connectivity index (χ0) is 12.2. The minimum absolute atomic E-state index is 0.632. The Hall–Kier alpha value is -0.900. The van der Waals surface area contributed by atoms with E-state index in [-0.39, 0.29) is 0 Å². The van der Waals surface area contributed by atoms with Crippen molar-refractivity contribution in [2.75, 3.05) is 13.1 Å². The highest BCUT2D eigenvalue weighted by Crippen LogP contribution is 2.41. The van der Waals surface area contributed by atoms with Gasteiger partial charge in [-0.2, -0.15) is 0 Å². The highest BCUT2D eigenvalue weighted by Gasteiger charge is 2.43. The van der Waals surface area contributed by atoms with Crippen LogP contribution < -0.4 is 0 Å². The highest BCUT2D eigenvalue weighted by molar-refractivity contribution is 7.17. The number of thiophene rings is 1. The molecule has 1 aromatic carbocycles. The van der Waals surface area contributed by atoms with Gasteiger partial charge in [-0.25, -0.2) is 0 Å². The number of likely N-dealkylation sites (tertiary alicyclic amines) is 1. The van der Waals surface area contributed by atoms with Gasteiger partial charge in [0.05, 0.1) is 0 Å². The summed E-state index contributed by atoms with van der Waals surface area (Å²) in [6, 6.07) is 9.20. The topological polar surface area (TPSA) is 23.5 Å². The second-order valence-corrected chi connectivity index (χ2v) is 6.54. The van der Waals surface area contributed by atoms with Gasteiger partial charge in [0.1, 0.15) is 5.60 Å². The van der Waals surface area contributed by atoms with Crippen molar-refractivity contribution in [2.24, 2.45) is 0 Å². The van der Waals surface area contributed by atoms with E-state index < -0.39 is 5.60 Å². The maximum Gasteiger partial charge on any atom is 0.105 e. The molecule has 2 heterocycles. The first-order valence-electron chi connectivity index (χ1n) is 6.69. The van der Waals surface area contributed by atoms with Gasteiger partial charge in [-0.15, -0.1) is 11.3 Å². The maximum absolute atomic E-state index is 11.0. The Kier molecular flexibility index (Phi) is 2.31. The number of aliphatic hydroxyl groups is 1. The minimum atomic E-state index is -0.632. The average molecular weight is 259 g/mol. The quantitative estimate of drug-likeness (QED) is 0.896. The molecule has 1 aliphatic heterocycles. The molecule has 2 aliphatic rings. The van der Waals surface area contributed by atoms with Gasteiger partial charge in [0.2, 0.25) is 0 Å². The smallest absolute Gasteiger partial charge is 0.105 e. The van der Waals surface area contributed by atoms with Crippen LogP contribution in [0.15, 0.2) is 29.6 Å². The summed E-state index contributed by atoms with van der Waals surface area (Å²) in [5.41, 5.74) is 0.505. The molecule has 0 bridgehead atoms. The van der Waals surface area contributed by atoms with Gasteiger partial charge in [-0.3, -0.25) is 4.90 Å². The third-order valence-electron chi connectivity index (χ3n) is 4.32. The van der Waals surface area contributed by atoms with E-state index in [1.165, 1.54) is 22.9 Å². The SMILES string of the molecule is OC1(c2cccc3ccsc23)CCN(C2CC2)C1. The molecular formula is C15H17NOS. The second-order valence-electron chi connectivity index (χ2n) is 5.63. The Labute approximate surface area is 111 Å². The minimum Gasteiger partial charge on any atom is -0.384 e. The normalized spacial score (nSPS) is 29.2. The van der Waals surface area contributed by atoms with Crippen molar-refractivity contribution in [1.82, 2.24) is 4.90 Å². The molecule has 1 N–H and O–H groups in total. The summed E-state index contributed by atoms with van der Waals surface area (Å²) in [4.78, 5) is 2.46. The summed E-state index contributed by atoms with van der Waals surface area (Å²) in [5, 5.41) is 14.4. The van der Waals surface area contributed by atoms with Crippen LogP contribution in [0.5, 0.6) is 0 Å². The summed E-state index contributed by atoms with van der Waals surface area (Å²) in [7, 11) is 0. The molecule has 0 spiro atoms. The van der Waals surface area contributed by atoms with Gasteiger partial charge in [0, 0.05) is 29.4 Å². The van der Waals surface area contributed by atoms with Crippen molar-refractivity contribution < 1.29 is 5.11 Å². The van der Waals surface area contributed by atoms with Crippen LogP contribution in [0.1, 0.15) is 24.8 Å². The summed E-state index contributed by atoms with van der Waals surface area (Å²) in [5.74, 6) is 0. The second kappa shape index (κ2) is 3.80. The van der Waals surface area contributed by atoms with Crippen molar-refractivity contribution in [3.63, 3.8) is 0 Å². The molecule has 0 radical (unpaired) electrons. The summed E-state index contributed by atoms with van der Waals surface area (Å²) >= 11 is 1.75. The standard InChI is InChI=1S/C15H17NOS/c17-15(7-8-16(10-15)12-4-5-12)13-3-1-2-11-6-9-18-14(11)13/h1-3,6,9,12,17H,4-5,7-8,10H2. The molecule has 2 aromatic rings. The molecule has 1 unspecified atom stereocenters. The number of hydrogen-bond donors (Lipinski definition) is 1. The van der Waals surface area contributed by atoms with Crippen molar-refractivity contribution in [3.8, 4) is 0 Å². The number of hydrogen-bond acceptors (Lipinski definition) is 3. The molecule has 0 amide bonds. The lowest BCUT2D eigenvalue weighted by molar-refractivity contribution is 0.0468. The van der Waals surface area contributed by atoms with E-state index in [1.54, 1.807) is 11.3 Å². The molecule has 2 fully saturated rings. The predicted molar refractivity (Wildman–Crippen MR) is 74.9 cm³/mol. The van der Waals surface area contributed by atoms with Crippen LogP contribution in [0.4, 0.5) is 0 Å². The van der Waals surface area contributed by atoms with Crippen LogP contribution in [0.2, 0.25) is 0 Å². The molecule has 1 aromatic heterocycles. The monoisotopic (exact) mass is 259 g/mol. The molecular weight excluding hydrogens is 242 g/mol. The number of benzene rings is 1. The summed E-state index contributed by atoms with van der Waals surface area (Å²) in [6.45, 7) is 1.86. The molecule has 18 heavy (non-hydrogen) atoms. The first-order chi connectivity index (χ1) is 8.76. The number of rotatable bonds is 2. The van der Waals surface area contributed by atoms with E-state index in [4.69, 9.17) is 0 Å². The van der Waals surface area contributed by atoms with E-state index in [0.717, 1.165) is 31.1 Å². The largest absolute Gasteiger partial charge is 0.384 e. The number of nitrogens with zero attached hydrogens (tertiary/aromatic N) is 1. The van der Waals surface area contributed by atoms with Gasteiger partial charge in [0.15, 0.2) is 0 Å². The fourth-order valence-electron chi connectivity index (χ4n) is 3.15. The van der Waals surface area contributed by atoms with E-state index in [1.807, 2.05) is 0 Å². The zero-order valence-corrected chi connectivity index (χ0v) is 11.1. The predicted octanol–water partition coefficient (Wildman–Crippen LogP) is 2.96. The third-order valence-corrected chi connectivity index (χ3v) is 5.28. The van der Waals surface area contributed by atoms with E-state index >= 15 is 0 Å². The van der Waals surface area contributed by atoms with Gasteiger partial charge in [-0.1, -0.05) is 18.2 Å². The fourth-order valence-corrected chi connectivity index (χ4v) is 4.16. The molecule has 94 valence electrons. The Morgan fingerprint density at radius 3 is 3.00 bits per heavy atom. The van der Waals surface area contributed by atoms with Crippen LogP contribution in [0, 0.1) is 0 Å².